The first kappa shape index (κ1) is 33.9. The zero-order chi connectivity index (χ0) is 33.3. The summed E-state index contributed by atoms with van der Waals surface area (Å²) < 4.78 is 29.0. The fraction of sp³-hybridized carbons (Fsp3) is 0.257. The number of hydrogen-bond donors (Lipinski definition) is 1. The van der Waals surface area contributed by atoms with Crippen LogP contribution in [-0.2, 0) is 32.6 Å². The molecule has 240 valence electrons. The highest BCUT2D eigenvalue weighted by Crippen LogP contribution is 2.27. The molecule has 0 radical (unpaired) electrons. The number of carbonyl (C=O) groups is 2. The quantitative estimate of drug-likeness (QED) is 0.140. The Labute approximate surface area is 269 Å². The first-order valence-electron chi connectivity index (χ1n) is 15.0. The molecule has 1 N–H and O–H groups in total. The Hall–Kier alpha value is -5.03. The van der Waals surface area contributed by atoms with Crippen molar-refractivity contribution in [2.24, 2.45) is 0 Å². The van der Waals surface area contributed by atoms with Gasteiger partial charge in [-0.3, -0.25) is 24.0 Å². The Kier molecular flexibility index (Phi) is 11.3. The van der Waals surface area contributed by atoms with Crippen LogP contribution in [0.4, 0.5) is 11.4 Å². The van der Waals surface area contributed by atoms with Crippen molar-refractivity contribution in [3.63, 3.8) is 0 Å². The summed E-state index contributed by atoms with van der Waals surface area (Å²) in [5.74, 6) is -0.966. The predicted octanol–water partition coefficient (Wildman–Crippen LogP) is 5.65. The molecule has 2 atom stereocenters. The van der Waals surface area contributed by atoms with Crippen LogP contribution in [0.1, 0.15) is 37.0 Å². The zero-order valence-corrected chi connectivity index (χ0v) is 26.9. The van der Waals surface area contributed by atoms with Gasteiger partial charge < -0.3 is 10.2 Å². The average molecular weight is 643 g/mol. The molecule has 10 nitrogen and oxygen atoms in total. The van der Waals surface area contributed by atoms with E-state index < -0.39 is 33.4 Å². The molecule has 0 aliphatic carbocycles. The van der Waals surface area contributed by atoms with Crippen LogP contribution >= 0.6 is 0 Å². The van der Waals surface area contributed by atoms with Crippen LogP contribution in [0, 0.1) is 17.0 Å². The molecule has 0 saturated carbocycles. The average Bonchev–Trinajstić information content (AvgIpc) is 3.05. The third kappa shape index (κ3) is 8.57. The van der Waals surface area contributed by atoms with Gasteiger partial charge in [-0.05, 0) is 55.7 Å². The van der Waals surface area contributed by atoms with E-state index in [9.17, 15) is 28.1 Å². The number of anilines is 1. The zero-order valence-electron chi connectivity index (χ0n) is 26.1. The SMILES string of the molecule is CCC(C)NC(=O)C(Cc1ccccc1)N(Cc1cccc(C)c1)C(=O)CN(c1ccc([N+](=O)[O-])cc1)S(=O)(=O)c1ccccc1. The number of nitrogens with one attached hydrogen (secondary N) is 1. The van der Waals surface area contributed by atoms with Crippen molar-refractivity contribution < 1.29 is 22.9 Å². The number of hydrogen-bond acceptors (Lipinski definition) is 6. The highest BCUT2D eigenvalue weighted by molar-refractivity contribution is 7.92. The smallest absolute Gasteiger partial charge is 0.269 e. The van der Waals surface area contributed by atoms with Gasteiger partial charge in [-0.2, -0.15) is 0 Å². The van der Waals surface area contributed by atoms with Gasteiger partial charge in [-0.25, -0.2) is 8.42 Å². The van der Waals surface area contributed by atoms with E-state index >= 15 is 0 Å². The topological polar surface area (TPSA) is 130 Å². The van der Waals surface area contributed by atoms with Gasteiger partial charge in [0.2, 0.25) is 11.8 Å². The molecule has 0 saturated heterocycles. The molecule has 4 aromatic carbocycles. The minimum atomic E-state index is -4.31. The van der Waals surface area contributed by atoms with Gasteiger partial charge in [-0.15, -0.1) is 0 Å². The summed E-state index contributed by atoms with van der Waals surface area (Å²) in [7, 11) is -4.31. The molecule has 0 bridgehead atoms. The number of nitro groups is 1. The van der Waals surface area contributed by atoms with Crippen LogP contribution in [0.5, 0.6) is 0 Å². The molecule has 0 heterocycles. The first-order valence-corrected chi connectivity index (χ1v) is 16.4. The third-order valence-electron chi connectivity index (χ3n) is 7.67. The number of sulfonamides is 1. The van der Waals surface area contributed by atoms with Crippen molar-refractivity contribution in [2.45, 2.75) is 57.1 Å². The number of nitrogens with zero attached hydrogens (tertiary/aromatic N) is 3. The van der Waals surface area contributed by atoms with Crippen molar-refractivity contribution >= 4 is 33.2 Å². The summed E-state index contributed by atoms with van der Waals surface area (Å²) in [6, 6.07) is 28.4. The molecule has 2 unspecified atom stereocenters. The number of non-ortho nitro benzene ring substituents is 1. The van der Waals surface area contributed by atoms with Crippen molar-refractivity contribution in [1.29, 1.82) is 0 Å². The van der Waals surface area contributed by atoms with Gasteiger partial charge in [-0.1, -0.05) is 85.3 Å². The maximum atomic E-state index is 14.5. The van der Waals surface area contributed by atoms with E-state index in [-0.39, 0.29) is 41.2 Å². The van der Waals surface area contributed by atoms with E-state index in [1.54, 1.807) is 18.2 Å². The largest absolute Gasteiger partial charge is 0.352 e. The van der Waals surface area contributed by atoms with Crippen molar-refractivity contribution in [3.8, 4) is 0 Å². The second-order valence-corrected chi connectivity index (χ2v) is 13.0. The fourth-order valence-electron chi connectivity index (χ4n) is 4.99. The second-order valence-electron chi connectivity index (χ2n) is 11.1. The predicted molar refractivity (Wildman–Crippen MR) is 178 cm³/mol. The Morgan fingerprint density at radius 2 is 1.48 bits per heavy atom. The number of carbonyl (C=O) groups excluding carboxylic acids is 2. The van der Waals surface area contributed by atoms with Crippen molar-refractivity contribution in [2.75, 3.05) is 10.8 Å². The number of amides is 2. The molecule has 46 heavy (non-hydrogen) atoms. The van der Waals surface area contributed by atoms with Crippen molar-refractivity contribution in [3.05, 3.63) is 136 Å². The standard InChI is InChI=1S/C35H38N4O6S/c1-4-27(3)36-35(41)33(23-28-13-7-5-8-14-28)37(24-29-15-11-12-26(2)22-29)34(40)25-38(30-18-20-31(21-19-30)39(42)43)46(44,45)32-16-9-6-10-17-32/h5-22,27,33H,4,23-25H2,1-3H3,(H,36,41). The summed E-state index contributed by atoms with van der Waals surface area (Å²) in [6.45, 7) is 5.15. The summed E-state index contributed by atoms with van der Waals surface area (Å²) in [6.07, 6.45) is 0.877. The highest BCUT2D eigenvalue weighted by Gasteiger charge is 2.35. The summed E-state index contributed by atoms with van der Waals surface area (Å²) >= 11 is 0. The molecule has 0 fully saturated rings. The Bertz CT molecular complexity index is 1750. The minimum absolute atomic E-state index is 0.0470. The molecule has 0 spiro atoms. The molecule has 4 rings (SSSR count). The van der Waals surface area contributed by atoms with Crippen LogP contribution in [0.3, 0.4) is 0 Å². The number of rotatable bonds is 14. The van der Waals surface area contributed by atoms with Crippen LogP contribution in [0.2, 0.25) is 0 Å². The monoisotopic (exact) mass is 642 g/mol. The molecule has 0 aliphatic rings. The lowest BCUT2D eigenvalue weighted by atomic mass is 10.0. The molecule has 4 aromatic rings. The molecular weight excluding hydrogens is 604 g/mol. The van der Waals surface area contributed by atoms with E-state index in [2.05, 4.69) is 5.32 Å². The summed E-state index contributed by atoms with van der Waals surface area (Å²) in [5.41, 5.74) is 2.42. The number of aryl methyl sites for hydroxylation is 1. The molecule has 0 aliphatic heterocycles. The normalized spacial score (nSPS) is 12.5. The first-order chi connectivity index (χ1) is 22.0. The van der Waals surface area contributed by atoms with Gasteiger partial charge in [0.25, 0.3) is 15.7 Å². The lowest BCUT2D eigenvalue weighted by molar-refractivity contribution is -0.384. The maximum Gasteiger partial charge on any atom is 0.269 e. The van der Waals surface area contributed by atoms with E-state index in [0.717, 1.165) is 21.0 Å². The van der Waals surface area contributed by atoms with E-state index in [0.29, 0.717) is 6.42 Å². The van der Waals surface area contributed by atoms with Gasteiger partial charge in [0.15, 0.2) is 0 Å². The molecule has 11 heteroatoms. The van der Waals surface area contributed by atoms with Gasteiger partial charge in [0, 0.05) is 31.1 Å². The van der Waals surface area contributed by atoms with Crippen LogP contribution in [0.25, 0.3) is 0 Å². The third-order valence-corrected chi connectivity index (χ3v) is 9.45. The maximum absolute atomic E-state index is 14.5. The molecule has 2 amide bonds. The summed E-state index contributed by atoms with van der Waals surface area (Å²) in [4.78, 5) is 40.5. The van der Waals surface area contributed by atoms with Crippen LogP contribution < -0.4 is 9.62 Å². The van der Waals surface area contributed by atoms with Gasteiger partial charge in [0.1, 0.15) is 12.6 Å². The fourth-order valence-corrected chi connectivity index (χ4v) is 6.43. The lowest BCUT2D eigenvalue weighted by Gasteiger charge is -2.34. The highest BCUT2D eigenvalue weighted by atomic mass is 32.2. The minimum Gasteiger partial charge on any atom is -0.352 e. The Morgan fingerprint density at radius 3 is 2.07 bits per heavy atom. The van der Waals surface area contributed by atoms with Gasteiger partial charge >= 0.3 is 0 Å². The van der Waals surface area contributed by atoms with Crippen LogP contribution in [0.15, 0.2) is 114 Å². The Morgan fingerprint density at radius 1 is 0.870 bits per heavy atom. The summed E-state index contributed by atoms with van der Waals surface area (Å²) in [5, 5.41) is 14.3. The lowest BCUT2D eigenvalue weighted by Crippen LogP contribution is -2.54. The number of nitro benzene ring substituents is 1. The van der Waals surface area contributed by atoms with Crippen LogP contribution in [-0.4, -0.2) is 48.7 Å². The number of benzene rings is 4. The van der Waals surface area contributed by atoms with Crippen molar-refractivity contribution in [1.82, 2.24) is 10.2 Å². The molecule has 0 aromatic heterocycles. The second kappa shape index (κ2) is 15.3. The van der Waals surface area contributed by atoms with Gasteiger partial charge in [0.05, 0.1) is 15.5 Å². The van der Waals surface area contributed by atoms with E-state index in [1.165, 1.54) is 41.3 Å². The molecular formula is C35H38N4O6S. The van der Waals surface area contributed by atoms with E-state index in [4.69, 9.17) is 0 Å². The van der Waals surface area contributed by atoms with E-state index in [1.807, 2.05) is 75.4 Å². The Balaban J connectivity index is 1.81.